The molecule has 2 aromatic rings. The molecule has 0 saturated carbocycles. The summed E-state index contributed by atoms with van der Waals surface area (Å²) in [6.45, 7) is 4.72. The molecule has 3 rings (SSSR count). The third-order valence-electron chi connectivity index (χ3n) is 3.68. The van der Waals surface area contributed by atoms with Crippen LogP contribution >= 0.6 is 0 Å². The summed E-state index contributed by atoms with van der Waals surface area (Å²) >= 11 is 0. The van der Waals surface area contributed by atoms with Crippen molar-refractivity contribution in [3.05, 3.63) is 47.3 Å². The van der Waals surface area contributed by atoms with Crippen LogP contribution in [-0.4, -0.2) is 37.9 Å². The Hall–Kier alpha value is -1.79. The van der Waals surface area contributed by atoms with E-state index in [-0.39, 0.29) is 5.82 Å². The highest BCUT2D eigenvalue weighted by Gasteiger charge is 2.22. The number of hydrogen-bond acceptors (Lipinski definition) is 4. The maximum Gasteiger partial charge on any atom is 0.147 e. The molecular weight excluding hydrogens is 259 g/mol. The van der Waals surface area contributed by atoms with Gasteiger partial charge in [-0.05, 0) is 24.6 Å². The van der Waals surface area contributed by atoms with E-state index >= 15 is 0 Å². The van der Waals surface area contributed by atoms with Crippen LogP contribution in [0.5, 0.6) is 0 Å². The summed E-state index contributed by atoms with van der Waals surface area (Å²) in [7, 11) is 0. The first-order valence-corrected chi connectivity index (χ1v) is 6.68. The monoisotopic (exact) mass is 276 g/mol. The molecule has 0 saturated heterocycles. The quantitative estimate of drug-likeness (QED) is 0.917. The van der Waals surface area contributed by atoms with Crippen molar-refractivity contribution < 1.29 is 9.50 Å². The van der Waals surface area contributed by atoms with Crippen LogP contribution < -0.4 is 0 Å². The van der Waals surface area contributed by atoms with Crippen molar-refractivity contribution in [3.63, 3.8) is 0 Å². The van der Waals surface area contributed by atoms with Crippen LogP contribution in [0.3, 0.4) is 0 Å². The summed E-state index contributed by atoms with van der Waals surface area (Å²) in [5.41, 5.74) is 0.605. The summed E-state index contributed by atoms with van der Waals surface area (Å²) in [4.78, 5) is 2.11. The number of halogens is 1. The lowest BCUT2D eigenvalue weighted by Gasteiger charge is -2.29. The molecule has 1 atom stereocenters. The number of rotatable bonds is 3. The van der Waals surface area contributed by atoms with Crippen molar-refractivity contribution in [2.45, 2.75) is 26.1 Å². The number of benzene rings is 1. The third-order valence-corrected chi connectivity index (χ3v) is 3.68. The van der Waals surface area contributed by atoms with Crippen molar-refractivity contribution >= 4 is 0 Å². The normalized spacial score (nSPS) is 16.9. The van der Waals surface area contributed by atoms with Crippen LogP contribution in [0.2, 0.25) is 0 Å². The molecule has 1 aliphatic rings. The first-order chi connectivity index (χ1) is 9.63. The van der Waals surface area contributed by atoms with Crippen LogP contribution in [0.25, 0.3) is 0 Å². The van der Waals surface area contributed by atoms with Crippen LogP contribution in [-0.2, 0) is 13.1 Å². The summed E-state index contributed by atoms with van der Waals surface area (Å²) in [6.07, 6.45) is -0.693. The fourth-order valence-electron chi connectivity index (χ4n) is 2.57. The summed E-state index contributed by atoms with van der Waals surface area (Å²) in [5, 5.41) is 18.4. The van der Waals surface area contributed by atoms with E-state index in [2.05, 4.69) is 19.7 Å². The van der Waals surface area contributed by atoms with E-state index in [1.54, 1.807) is 12.1 Å². The molecule has 0 fully saturated rings. The van der Waals surface area contributed by atoms with Gasteiger partial charge in [0.25, 0.3) is 0 Å². The zero-order valence-electron chi connectivity index (χ0n) is 11.3. The first-order valence-electron chi connectivity index (χ1n) is 6.68. The molecule has 1 aromatic carbocycles. The Morgan fingerprint density at radius 3 is 3.00 bits per heavy atom. The molecule has 1 N–H and O–H groups in total. The van der Waals surface area contributed by atoms with Gasteiger partial charge in [-0.1, -0.05) is 12.1 Å². The van der Waals surface area contributed by atoms with Crippen LogP contribution in [0, 0.1) is 12.7 Å². The molecule has 0 unspecified atom stereocenters. The predicted octanol–water partition coefficient (Wildman–Crippen LogP) is 1.27. The zero-order valence-corrected chi connectivity index (χ0v) is 11.3. The Bertz CT molecular complexity index is 613. The average Bonchev–Trinajstić information content (AvgIpc) is 2.80. The van der Waals surface area contributed by atoms with Gasteiger partial charge in [0.15, 0.2) is 0 Å². The molecule has 1 aromatic heterocycles. The maximum absolute atomic E-state index is 13.2. The van der Waals surface area contributed by atoms with Crippen LogP contribution in [0.15, 0.2) is 24.3 Å². The molecule has 0 aliphatic carbocycles. The highest BCUT2D eigenvalue weighted by atomic mass is 19.1. The maximum atomic E-state index is 13.2. The fraction of sp³-hybridized carbons (Fsp3) is 0.429. The number of fused-ring (bicyclic) bond motifs is 1. The molecule has 0 spiro atoms. The second-order valence-corrected chi connectivity index (χ2v) is 5.12. The van der Waals surface area contributed by atoms with Crippen molar-refractivity contribution in [2.75, 3.05) is 13.1 Å². The number of aliphatic hydroxyl groups excluding tert-OH is 1. The second-order valence-electron chi connectivity index (χ2n) is 5.12. The third kappa shape index (κ3) is 2.57. The molecule has 20 heavy (non-hydrogen) atoms. The lowest BCUT2D eigenvalue weighted by atomic mass is 10.1. The van der Waals surface area contributed by atoms with Crippen molar-refractivity contribution in [1.29, 1.82) is 0 Å². The summed E-state index contributed by atoms with van der Waals surface area (Å²) < 4.78 is 15.2. The minimum Gasteiger partial charge on any atom is -0.387 e. The van der Waals surface area contributed by atoms with E-state index in [1.807, 2.05) is 6.92 Å². The van der Waals surface area contributed by atoms with E-state index in [4.69, 9.17) is 0 Å². The van der Waals surface area contributed by atoms with Gasteiger partial charge in [-0.2, -0.15) is 0 Å². The molecule has 0 bridgehead atoms. The number of nitrogens with zero attached hydrogens (tertiary/aromatic N) is 4. The highest BCUT2D eigenvalue weighted by Crippen LogP contribution is 2.18. The van der Waals surface area contributed by atoms with Crippen LogP contribution in [0.4, 0.5) is 4.39 Å². The molecule has 2 heterocycles. The van der Waals surface area contributed by atoms with Gasteiger partial charge in [0.05, 0.1) is 12.6 Å². The topological polar surface area (TPSA) is 54.2 Å². The van der Waals surface area contributed by atoms with Crippen molar-refractivity contribution in [2.24, 2.45) is 0 Å². The Morgan fingerprint density at radius 2 is 2.20 bits per heavy atom. The Balaban J connectivity index is 1.67. The van der Waals surface area contributed by atoms with Gasteiger partial charge < -0.3 is 9.67 Å². The first kappa shape index (κ1) is 13.2. The molecule has 6 heteroatoms. The number of β-amino-alcohol motifs (C(OH)–C–C–N with tert-alkyl or cyclic N) is 1. The summed E-state index contributed by atoms with van der Waals surface area (Å²) in [5.74, 6) is 1.51. The van der Waals surface area contributed by atoms with Gasteiger partial charge in [0, 0.05) is 19.6 Å². The molecule has 106 valence electrons. The fourth-order valence-corrected chi connectivity index (χ4v) is 2.57. The highest BCUT2D eigenvalue weighted by molar-refractivity contribution is 5.19. The van der Waals surface area contributed by atoms with Gasteiger partial charge in [-0.15, -0.1) is 10.2 Å². The minimum atomic E-state index is -0.693. The number of aryl methyl sites for hydroxylation is 1. The molecule has 0 amide bonds. The van der Waals surface area contributed by atoms with Gasteiger partial charge in [0.1, 0.15) is 17.5 Å². The van der Waals surface area contributed by atoms with Gasteiger partial charge in [-0.3, -0.25) is 4.90 Å². The van der Waals surface area contributed by atoms with E-state index in [0.29, 0.717) is 18.7 Å². The Morgan fingerprint density at radius 1 is 1.35 bits per heavy atom. The van der Waals surface area contributed by atoms with E-state index in [0.717, 1.165) is 24.7 Å². The lowest BCUT2D eigenvalue weighted by molar-refractivity contribution is 0.0958. The Kier molecular flexibility index (Phi) is 3.50. The number of aliphatic hydroxyl groups is 1. The van der Waals surface area contributed by atoms with Gasteiger partial charge >= 0.3 is 0 Å². The largest absolute Gasteiger partial charge is 0.387 e. The smallest absolute Gasteiger partial charge is 0.147 e. The molecule has 5 nitrogen and oxygen atoms in total. The number of aromatic nitrogens is 3. The minimum absolute atomic E-state index is 0.324. The standard InChI is InChI=1S/C14H17FN4O/c1-10-16-17-14-9-18(5-6-19(10)14)8-13(20)11-3-2-4-12(15)7-11/h2-4,7,13,20H,5-6,8-9H2,1H3/t13-/m0/s1. The molecular formula is C14H17FN4O. The van der Waals surface area contributed by atoms with Gasteiger partial charge in [0.2, 0.25) is 0 Å². The SMILES string of the molecule is Cc1nnc2n1CCN(C[C@H](O)c1cccc(F)c1)C2. The van der Waals surface area contributed by atoms with E-state index in [1.165, 1.54) is 12.1 Å². The van der Waals surface area contributed by atoms with E-state index in [9.17, 15) is 9.50 Å². The van der Waals surface area contributed by atoms with Gasteiger partial charge in [-0.25, -0.2) is 4.39 Å². The summed E-state index contributed by atoms with van der Waals surface area (Å²) in [6, 6.07) is 6.11. The van der Waals surface area contributed by atoms with E-state index < -0.39 is 6.10 Å². The van der Waals surface area contributed by atoms with Crippen molar-refractivity contribution in [1.82, 2.24) is 19.7 Å². The molecule has 1 aliphatic heterocycles. The second kappa shape index (κ2) is 5.30. The average molecular weight is 276 g/mol. The lowest BCUT2D eigenvalue weighted by Crippen LogP contribution is -2.36. The van der Waals surface area contributed by atoms with Crippen LogP contribution in [0.1, 0.15) is 23.3 Å². The van der Waals surface area contributed by atoms with Crippen molar-refractivity contribution in [3.8, 4) is 0 Å². The Labute approximate surface area is 116 Å². The molecule has 0 radical (unpaired) electrons. The predicted molar refractivity (Wildman–Crippen MR) is 71.4 cm³/mol. The number of hydrogen-bond donors (Lipinski definition) is 1. The zero-order chi connectivity index (χ0) is 14.1.